The molecule has 25 heavy (non-hydrogen) atoms. The van der Waals surface area contributed by atoms with Crippen LogP contribution in [0.1, 0.15) is 56.9 Å². The summed E-state index contributed by atoms with van der Waals surface area (Å²) in [6, 6.07) is 16.5. The summed E-state index contributed by atoms with van der Waals surface area (Å²) >= 11 is 0. The predicted octanol–water partition coefficient (Wildman–Crippen LogP) is 4.63. The van der Waals surface area contributed by atoms with Gasteiger partial charge < -0.3 is 0 Å². The van der Waals surface area contributed by atoms with Crippen molar-refractivity contribution in [3.8, 4) is 0 Å². The second-order valence-corrected chi connectivity index (χ2v) is 7.41. The van der Waals surface area contributed by atoms with Crippen molar-refractivity contribution in [2.45, 2.75) is 52.9 Å². The van der Waals surface area contributed by atoms with Gasteiger partial charge in [0.2, 0.25) is 5.91 Å². The van der Waals surface area contributed by atoms with Crippen molar-refractivity contribution in [2.75, 3.05) is 0 Å². The SMILES string of the molecule is CCc1ccc(CC(=O)N/N=C(/C)c2ccc(C(C)(C)C)cc2)cc1. The molecule has 3 heteroatoms. The number of hydrogen-bond acceptors (Lipinski definition) is 2. The molecule has 1 N–H and O–H groups in total. The predicted molar refractivity (Wildman–Crippen MR) is 105 cm³/mol. The molecule has 0 atom stereocenters. The van der Waals surface area contributed by atoms with Gasteiger partial charge in [-0.15, -0.1) is 0 Å². The van der Waals surface area contributed by atoms with Crippen LogP contribution in [0.25, 0.3) is 0 Å². The monoisotopic (exact) mass is 336 g/mol. The molecule has 0 aromatic heterocycles. The maximum Gasteiger partial charge on any atom is 0.244 e. The van der Waals surface area contributed by atoms with E-state index in [9.17, 15) is 4.79 Å². The molecule has 0 saturated heterocycles. The Kier molecular flexibility index (Phi) is 6.13. The minimum Gasteiger partial charge on any atom is -0.273 e. The molecule has 0 aliphatic heterocycles. The Morgan fingerprint density at radius 2 is 1.52 bits per heavy atom. The highest BCUT2D eigenvalue weighted by Gasteiger charge is 2.13. The van der Waals surface area contributed by atoms with Gasteiger partial charge >= 0.3 is 0 Å². The van der Waals surface area contributed by atoms with Crippen LogP contribution >= 0.6 is 0 Å². The Balaban J connectivity index is 1.96. The first-order chi connectivity index (χ1) is 11.8. The lowest BCUT2D eigenvalue weighted by atomic mass is 9.86. The van der Waals surface area contributed by atoms with E-state index in [2.05, 4.69) is 74.6 Å². The third-order valence-electron chi connectivity index (χ3n) is 4.31. The largest absolute Gasteiger partial charge is 0.273 e. The number of carbonyl (C=O) groups excluding carboxylic acids is 1. The van der Waals surface area contributed by atoms with E-state index >= 15 is 0 Å². The minimum absolute atomic E-state index is 0.102. The van der Waals surface area contributed by atoms with Gasteiger partial charge in [-0.25, -0.2) is 5.43 Å². The number of amides is 1. The lowest BCUT2D eigenvalue weighted by Gasteiger charge is -2.19. The van der Waals surface area contributed by atoms with E-state index in [0.717, 1.165) is 23.3 Å². The average Bonchev–Trinajstić information content (AvgIpc) is 2.59. The third-order valence-corrected chi connectivity index (χ3v) is 4.31. The summed E-state index contributed by atoms with van der Waals surface area (Å²) in [6.07, 6.45) is 1.34. The zero-order valence-electron chi connectivity index (χ0n) is 15.9. The highest BCUT2D eigenvalue weighted by molar-refractivity contribution is 5.99. The number of benzene rings is 2. The molecular formula is C22H28N2O. The van der Waals surface area contributed by atoms with Crippen LogP contribution in [0.5, 0.6) is 0 Å². The first kappa shape index (κ1) is 18.9. The third kappa shape index (κ3) is 5.56. The molecule has 0 fully saturated rings. The Morgan fingerprint density at radius 1 is 0.960 bits per heavy atom. The molecule has 0 aliphatic carbocycles. The highest BCUT2D eigenvalue weighted by atomic mass is 16.2. The van der Waals surface area contributed by atoms with E-state index in [4.69, 9.17) is 0 Å². The molecular weight excluding hydrogens is 308 g/mol. The number of aryl methyl sites for hydroxylation is 1. The molecule has 0 aliphatic rings. The molecule has 0 saturated carbocycles. The lowest BCUT2D eigenvalue weighted by Crippen LogP contribution is -2.21. The van der Waals surface area contributed by atoms with Gasteiger partial charge in [0.15, 0.2) is 0 Å². The Hall–Kier alpha value is -2.42. The van der Waals surface area contributed by atoms with Gasteiger partial charge in [0.05, 0.1) is 12.1 Å². The fraction of sp³-hybridized carbons (Fsp3) is 0.364. The summed E-state index contributed by atoms with van der Waals surface area (Å²) in [5.74, 6) is -0.102. The van der Waals surface area contributed by atoms with Crippen LogP contribution in [0.2, 0.25) is 0 Å². The van der Waals surface area contributed by atoms with Crippen molar-refractivity contribution in [1.82, 2.24) is 5.43 Å². The van der Waals surface area contributed by atoms with Gasteiger partial charge in [0.1, 0.15) is 0 Å². The smallest absolute Gasteiger partial charge is 0.244 e. The Morgan fingerprint density at radius 3 is 2.04 bits per heavy atom. The number of hydrogen-bond donors (Lipinski definition) is 1. The van der Waals surface area contributed by atoms with Crippen molar-refractivity contribution in [2.24, 2.45) is 5.10 Å². The van der Waals surface area contributed by atoms with Gasteiger partial charge in [0.25, 0.3) is 0 Å². The summed E-state index contributed by atoms with van der Waals surface area (Å²) in [6.45, 7) is 10.6. The van der Waals surface area contributed by atoms with Gasteiger partial charge in [-0.1, -0.05) is 76.2 Å². The summed E-state index contributed by atoms with van der Waals surface area (Å²) in [4.78, 5) is 12.1. The zero-order chi connectivity index (χ0) is 18.4. The van der Waals surface area contributed by atoms with E-state index in [-0.39, 0.29) is 11.3 Å². The number of carbonyl (C=O) groups is 1. The zero-order valence-corrected chi connectivity index (χ0v) is 15.9. The van der Waals surface area contributed by atoms with Gasteiger partial charge in [-0.3, -0.25) is 4.79 Å². The van der Waals surface area contributed by atoms with Crippen molar-refractivity contribution >= 4 is 11.6 Å². The van der Waals surface area contributed by atoms with Gasteiger partial charge in [-0.05, 0) is 41.0 Å². The van der Waals surface area contributed by atoms with Crippen molar-refractivity contribution in [3.05, 3.63) is 70.8 Å². The lowest BCUT2D eigenvalue weighted by molar-refractivity contribution is -0.120. The molecule has 0 unspecified atom stereocenters. The average molecular weight is 336 g/mol. The summed E-state index contributed by atoms with van der Waals surface area (Å²) in [5, 5.41) is 4.23. The van der Waals surface area contributed by atoms with Crippen LogP contribution in [-0.2, 0) is 23.1 Å². The molecule has 0 spiro atoms. The molecule has 1 amide bonds. The van der Waals surface area contributed by atoms with Crippen LogP contribution in [0.3, 0.4) is 0 Å². The van der Waals surface area contributed by atoms with Gasteiger partial charge in [-0.2, -0.15) is 5.10 Å². The van der Waals surface area contributed by atoms with Crippen LogP contribution in [0.4, 0.5) is 0 Å². The summed E-state index contributed by atoms with van der Waals surface area (Å²) < 4.78 is 0. The van der Waals surface area contributed by atoms with E-state index < -0.39 is 0 Å². The van der Waals surface area contributed by atoms with Crippen LogP contribution in [-0.4, -0.2) is 11.6 Å². The standard InChI is InChI=1S/C22H28N2O/c1-6-17-7-9-18(10-8-17)15-21(25)24-23-16(2)19-11-13-20(14-12-19)22(3,4)5/h7-14H,6,15H2,1-5H3,(H,24,25)/b23-16-. The normalized spacial score (nSPS) is 12.1. The molecule has 3 nitrogen and oxygen atoms in total. The summed E-state index contributed by atoms with van der Waals surface area (Å²) in [7, 11) is 0. The molecule has 2 aromatic rings. The van der Waals surface area contributed by atoms with Crippen molar-refractivity contribution in [3.63, 3.8) is 0 Å². The fourth-order valence-corrected chi connectivity index (χ4v) is 2.54. The first-order valence-corrected chi connectivity index (χ1v) is 8.81. The van der Waals surface area contributed by atoms with E-state index in [1.807, 2.05) is 19.1 Å². The Labute approximate surface area is 151 Å². The van der Waals surface area contributed by atoms with Crippen LogP contribution in [0.15, 0.2) is 53.6 Å². The number of hydrazone groups is 1. The molecule has 2 rings (SSSR count). The second-order valence-electron chi connectivity index (χ2n) is 7.41. The highest BCUT2D eigenvalue weighted by Crippen LogP contribution is 2.22. The van der Waals surface area contributed by atoms with E-state index in [0.29, 0.717) is 6.42 Å². The minimum atomic E-state index is -0.102. The maximum absolute atomic E-state index is 12.1. The molecule has 0 radical (unpaired) electrons. The van der Waals surface area contributed by atoms with Crippen LogP contribution in [0, 0.1) is 0 Å². The maximum atomic E-state index is 12.1. The van der Waals surface area contributed by atoms with Crippen molar-refractivity contribution < 1.29 is 4.79 Å². The molecule has 2 aromatic carbocycles. The fourth-order valence-electron chi connectivity index (χ4n) is 2.54. The topological polar surface area (TPSA) is 41.5 Å². The second kappa shape index (κ2) is 8.11. The van der Waals surface area contributed by atoms with Crippen LogP contribution < -0.4 is 5.43 Å². The number of rotatable bonds is 5. The quantitative estimate of drug-likeness (QED) is 0.628. The number of nitrogens with zero attached hydrogens (tertiary/aromatic N) is 1. The Bertz CT molecular complexity index is 735. The molecule has 0 bridgehead atoms. The van der Waals surface area contributed by atoms with E-state index in [1.165, 1.54) is 11.1 Å². The summed E-state index contributed by atoms with van der Waals surface area (Å²) in [5.41, 5.74) is 8.15. The molecule has 0 heterocycles. The molecule has 132 valence electrons. The van der Waals surface area contributed by atoms with Crippen molar-refractivity contribution in [1.29, 1.82) is 0 Å². The first-order valence-electron chi connectivity index (χ1n) is 8.81. The number of nitrogens with one attached hydrogen (secondary N) is 1. The van der Waals surface area contributed by atoms with Gasteiger partial charge in [0, 0.05) is 0 Å². The van der Waals surface area contributed by atoms with E-state index in [1.54, 1.807) is 0 Å².